The second-order valence-corrected chi connectivity index (χ2v) is 6.82. The van der Waals surface area contributed by atoms with Gasteiger partial charge in [-0.25, -0.2) is 4.98 Å². The van der Waals surface area contributed by atoms with E-state index in [1.165, 1.54) is 35.6 Å². The smallest absolute Gasteiger partial charge is 0.406 e. The summed E-state index contributed by atoms with van der Waals surface area (Å²) in [5.74, 6) is -0.769. The minimum absolute atomic E-state index is 0.219. The van der Waals surface area contributed by atoms with Gasteiger partial charge in [0, 0.05) is 17.5 Å². The number of rotatable bonds is 7. The van der Waals surface area contributed by atoms with E-state index in [2.05, 4.69) is 20.1 Å². The highest BCUT2D eigenvalue weighted by Crippen LogP contribution is 2.25. The van der Waals surface area contributed by atoms with Crippen LogP contribution < -0.4 is 10.1 Å². The van der Waals surface area contributed by atoms with Crippen LogP contribution >= 0.6 is 11.3 Å². The molecular weight excluding hydrogens is 415 g/mol. The fourth-order valence-electron chi connectivity index (χ4n) is 2.30. The molecule has 0 saturated carbocycles. The highest BCUT2D eigenvalue weighted by atomic mass is 32.1. The van der Waals surface area contributed by atoms with Crippen molar-refractivity contribution in [2.24, 2.45) is 0 Å². The second kappa shape index (κ2) is 8.26. The van der Waals surface area contributed by atoms with Gasteiger partial charge in [-0.1, -0.05) is 12.1 Å². The second-order valence-electron chi connectivity index (χ2n) is 5.70. The molecule has 9 nitrogen and oxygen atoms in total. The molecule has 0 aliphatic heterocycles. The number of nitrogens with one attached hydrogen (secondary N) is 1. The van der Waals surface area contributed by atoms with E-state index in [4.69, 9.17) is 0 Å². The Kier molecular flexibility index (Phi) is 5.77. The van der Waals surface area contributed by atoms with Gasteiger partial charge >= 0.3 is 12.0 Å². The first kappa shape index (κ1) is 20.3. The van der Waals surface area contributed by atoms with Crippen LogP contribution in [0.2, 0.25) is 0 Å². The first-order valence-electron chi connectivity index (χ1n) is 7.94. The number of amides is 1. The summed E-state index contributed by atoms with van der Waals surface area (Å²) in [7, 11) is 0. The number of alkyl halides is 3. The van der Waals surface area contributed by atoms with Gasteiger partial charge in [-0.05, 0) is 17.7 Å². The molecule has 2 heterocycles. The lowest BCUT2D eigenvalue weighted by Gasteiger charge is -2.08. The molecular formula is C16H12F3N5O4S. The van der Waals surface area contributed by atoms with E-state index >= 15 is 0 Å². The fraction of sp³-hybridized carbons (Fsp3) is 0.188. The van der Waals surface area contributed by atoms with Crippen LogP contribution in [-0.2, 0) is 17.8 Å². The van der Waals surface area contributed by atoms with E-state index in [1.807, 2.05) is 0 Å². The van der Waals surface area contributed by atoms with Gasteiger partial charge in [0.25, 0.3) is 0 Å². The van der Waals surface area contributed by atoms with Crippen LogP contribution in [-0.4, -0.2) is 32.0 Å². The lowest BCUT2D eigenvalue weighted by atomic mass is 10.1. The molecule has 0 bridgehead atoms. The largest absolute Gasteiger partial charge is 0.573 e. The third-order valence-corrected chi connectivity index (χ3v) is 4.38. The average Bonchev–Trinajstić information content (AvgIpc) is 3.25. The van der Waals surface area contributed by atoms with Crippen LogP contribution in [0.1, 0.15) is 10.4 Å². The summed E-state index contributed by atoms with van der Waals surface area (Å²) >= 11 is 1.20. The van der Waals surface area contributed by atoms with Crippen molar-refractivity contribution in [1.29, 1.82) is 0 Å². The average molecular weight is 427 g/mol. The first-order valence-corrected chi connectivity index (χ1v) is 8.76. The molecule has 1 amide bonds. The van der Waals surface area contributed by atoms with Gasteiger partial charge in [0.1, 0.15) is 24.7 Å². The lowest BCUT2D eigenvalue weighted by Crippen LogP contribution is -2.18. The Morgan fingerprint density at radius 3 is 2.62 bits per heavy atom. The summed E-state index contributed by atoms with van der Waals surface area (Å²) in [6.07, 6.45) is -0.615. The maximum absolute atomic E-state index is 12.2. The number of nitrogens with zero attached hydrogens (tertiary/aromatic N) is 4. The fourth-order valence-corrected chi connectivity index (χ4v) is 3.16. The van der Waals surface area contributed by atoms with Gasteiger partial charge in [-0.15, -0.1) is 24.5 Å². The number of aromatic nitrogens is 3. The minimum atomic E-state index is -4.74. The predicted octanol–water partition coefficient (Wildman–Crippen LogP) is 3.38. The van der Waals surface area contributed by atoms with Gasteiger partial charge in [0.15, 0.2) is 5.13 Å². The van der Waals surface area contributed by atoms with Crippen molar-refractivity contribution in [3.8, 4) is 5.75 Å². The van der Waals surface area contributed by atoms with Crippen molar-refractivity contribution in [2.45, 2.75) is 19.3 Å². The third-order valence-electron chi connectivity index (χ3n) is 3.47. The molecule has 0 radical (unpaired) electrons. The summed E-state index contributed by atoms with van der Waals surface area (Å²) in [6, 6.07) is 5.44. The number of hydrogen-bond acceptors (Lipinski definition) is 7. The Balaban J connectivity index is 1.54. The van der Waals surface area contributed by atoms with Gasteiger partial charge in [0.2, 0.25) is 5.91 Å². The van der Waals surface area contributed by atoms with Gasteiger partial charge < -0.3 is 10.1 Å². The standard InChI is InChI=1S/C16H12F3N5O4S/c17-16(18,19)28-12-3-1-10(2-4-12)5-13-7-20-15(29-13)22-14(25)9-23-8-11(6-21-23)24(26)27/h1-4,6-8H,5,9H2,(H,20,22,25). The highest BCUT2D eigenvalue weighted by Gasteiger charge is 2.30. The molecule has 29 heavy (non-hydrogen) atoms. The summed E-state index contributed by atoms with van der Waals surface area (Å²) in [6.45, 7) is -0.219. The number of anilines is 1. The number of carbonyl (C=O) groups excluding carboxylic acids is 1. The monoisotopic (exact) mass is 427 g/mol. The molecule has 152 valence electrons. The molecule has 1 aromatic carbocycles. The maximum atomic E-state index is 12.2. The molecule has 0 spiro atoms. The van der Waals surface area contributed by atoms with Crippen molar-refractivity contribution in [3.05, 3.63) is 63.4 Å². The zero-order chi connectivity index (χ0) is 21.0. The molecule has 0 atom stereocenters. The number of hydrogen-bond donors (Lipinski definition) is 1. The topological polar surface area (TPSA) is 112 Å². The quantitative estimate of drug-likeness (QED) is 0.457. The number of ether oxygens (including phenoxy) is 1. The normalized spacial score (nSPS) is 11.3. The molecule has 0 unspecified atom stereocenters. The van der Waals surface area contributed by atoms with Crippen molar-refractivity contribution >= 4 is 28.1 Å². The maximum Gasteiger partial charge on any atom is 0.573 e. The van der Waals surface area contributed by atoms with E-state index in [0.717, 1.165) is 27.5 Å². The number of nitro groups is 1. The summed E-state index contributed by atoms with van der Waals surface area (Å²) in [4.78, 5) is 26.8. The molecule has 13 heteroatoms. The molecule has 0 saturated heterocycles. The van der Waals surface area contributed by atoms with Crippen molar-refractivity contribution in [2.75, 3.05) is 5.32 Å². The predicted molar refractivity (Wildman–Crippen MR) is 95.6 cm³/mol. The summed E-state index contributed by atoms with van der Waals surface area (Å²) in [5, 5.41) is 17.2. The zero-order valence-corrected chi connectivity index (χ0v) is 15.2. The SMILES string of the molecule is O=C(Cn1cc([N+](=O)[O-])cn1)Nc1ncc(Cc2ccc(OC(F)(F)F)cc2)s1. The van der Waals surface area contributed by atoms with Crippen LogP contribution in [0.4, 0.5) is 24.0 Å². The number of carbonyl (C=O) groups is 1. The van der Waals surface area contributed by atoms with Crippen molar-refractivity contribution < 1.29 is 27.6 Å². The number of thiazole rings is 1. The van der Waals surface area contributed by atoms with Crippen molar-refractivity contribution in [3.63, 3.8) is 0 Å². The molecule has 0 fully saturated rings. The van der Waals surface area contributed by atoms with Crippen LogP contribution in [0.25, 0.3) is 0 Å². The van der Waals surface area contributed by atoms with Gasteiger partial charge in [-0.3, -0.25) is 19.6 Å². The zero-order valence-electron chi connectivity index (χ0n) is 14.4. The lowest BCUT2D eigenvalue weighted by molar-refractivity contribution is -0.385. The Morgan fingerprint density at radius 1 is 1.28 bits per heavy atom. The Hall–Kier alpha value is -3.48. The Bertz CT molecular complexity index is 1020. The van der Waals surface area contributed by atoms with E-state index in [9.17, 15) is 28.1 Å². The Morgan fingerprint density at radius 2 is 2.00 bits per heavy atom. The molecule has 0 aliphatic carbocycles. The summed E-state index contributed by atoms with van der Waals surface area (Å²) < 4.78 is 41.5. The Labute approximate surface area is 164 Å². The van der Waals surface area contributed by atoms with E-state index in [-0.39, 0.29) is 18.0 Å². The molecule has 1 N–H and O–H groups in total. The van der Waals surface area contributed by atoms with E-state index in [0.29, 0.717) is 11.6 Å². The van der Waals surface area contributed by atoms with Gasteiger partial charge in [0.05, 0.1) is 4.92 Å². The third kappa shape index (κ3) is 6.00. The summed E-state index contributed by atoms with van der Waals surface area (Å²) in [5.41, 5.74) is 0.519. The molecule has 3 rings (SSSR count). The van der Waals surface area contributed by atoms with E-state index < -0.39 is 17.2 Å². The van der Waals surface area contributed by atoms with Crippen LogP contribution in [0, 0.1) is 10.1 Å². The highest BCUT2D eigenvalue weighted by molar-refractivity contribution is 7.15. The van der Waals surface area contributed by atoms with E-state index in [1.54, 1.807) is 6.20 Å². The van der Waals surface area contributed by atoms with Crippen molar-refractivity contribution in [1.82, 2.24) is 14.8 Å². The molecule has 2 aromatic heterocycles. The number of benzene rings is 1. The minimum Gasteiger partial charge on any atom is -0.406 e. The first-order chi connectivity index (χ1) is 13.7. The van der Waals surface area contributed by atoms with Crippen LogP contribution in [0.15, 0.2) is 42.9 Å². The molecule has 0 aliphatic rings. The molecule has 3 aromatic rings. The van der Waals surface area contributed by atoms with Gasteiger partial charge in [-0.2, -0.15) is 5.10 Å². The van der Waals surface area contributed by atoms with Crippen LogP contribution in [0.3, 0.4) is 0 Å². The van der Waals surface area contributed by atoms with Crippen LogP contribution in [0.5, 0.6) is 5.75 Å². The number of halogens is 3.